The van der Waals surface area contributed by atoms with E-state index < -0.39 is 11.6 Å². The van der Waals surface area contributed by atoms with Gasteiger partial charge in [0.05, 0.1) is 18.9 Å². The SMILES string of the molecule is C#CCN(C)c1cnc(-c2noc(CN3C(=O)N[C@@]4(C[C@H](C)CC(C)(C)C4)C3=O)n2)cn1. The largest absolute Gasteiger partial charge is 0.347 e. The van der Waals surface area contributed by atoms with E-state index in [1.807, 2.05) is 7.05 Å². The van der Waals surface area contributed by atoms with Crippen LogP contribution in [-0.2, 0) is 11.3 Å². The second kappa shape index (κ2) is 7.89. The zero-order chi connectivity index (χ0) is 23.1. The second-order valence-corrected chi connectivity index (χ2v) is 9.59. The molecule has 10 nitrogen and oxygen atoms in total. The average molecular weight is 438 g/mol. The van der Waals surface area contributed by atoms with Crippen molar-refractivity contribution in [3.05, 3.63) is 18.3 Å². The van der Waals surface area contributed by atoms with Crippen molar-refractivity contribution in [2.75, 3.05) is 18.5 Å². The van der Waals surface area contributed by atoms with Crippen LogP contribution in [0.15, 0.2) is 16.9 Å². The highest BCUT2D eigenvalue weighted by atomic mass is 16.5. The number of rotatable bonds is 5. The molecule has 1 N–H and O–H groups in total. The number of hydrogen-bond acceptors (Lipinski definition) is 8. The predicted molar refractivity (Wildman–Crippen MR) is 116 cm³/mol. The molecule has 0 aromatic carbocycles. The molecule has 2 aromatic heterocycles. The maximum Gasteiger partial charge on any atom is 0.325 e. The van der Waals surface area contributed by atoms with Crippen LogP contribution in [0.5, 0.6) is 0 Å². The number of amides is 3. The number of carbonyl (C=O) groups is 2. The summed E-state index contributed by atoms with van der Waals surface area (Å²) in [5.41, 5.74) is -0.491. The molecule has 1 spiro atoms. The van der Waals surface area contributed by atoms with E-state index in [2.05, 4.69) is 52.1 Å². The third-order valence-electron chi connectivity index (χ3n) is 5.97. The minimum absolute atomic E-state index is 0.0343. The fourth-order valence-corrected chi connectivity index (χ4v) is 5.06. The molecule has 1 saturated heterocycles. The minimum Gasteiger partial charge on any atom is -0.347 e. The topological polar surface area (TPSA) is 117 Å². The number of nitrogens with zero attached hydrogens (tertiary/aromatic N) is 6. The molecule has 32 heavy (non-hydrogen) atoms. The maximum atomic E-state index is 13.3. The van der Waals surface area contributed by atoms with Crippen LogP contribution in [0.1, 0.15) is 45.9 Å². The van der Waals surface area contributed by atoms with Gasteiger partial charge in [-0.2, -0.15) is 4.98 Å². The fraction of sp³-hybridized carbons (Fsp3) is 0.545. The number of aromatic nitrogens is 4. The fourth-order valence-electron chi connectivity index (χ4n) is 5.06. The number of nitrogens with one attached hydrogen (secondary N) is 1. The van der Waals surface area contributed by atoms with E-state index in [0.29, 0.717) is 36.8 Å². The van der Waals surface area contributed by atoms with Crippen LogP contribution >= 0.6 is 0 Å². The van der Waals surface area contributed by atoms with E-state index in [9.17, 15) is 9.59 Å². The van der Waals surface area contributed by atoms with Gasteiger partial charge in [-0.15, -0.1) is 6.42 Å². The van der Waals surface area contributed by atoms with Crippen LogP contribution in [0.2, 0.25) is 0 Å². The van der Waals surface area contributed by atoms with E-state index in [-0.39, 0.29) is 29.6 Å². The van der Waals surface area contributed by atoms with Crippen LogP contribution in [-0.4, -0.2) is 56.1 Å². The number of hydrogen-bond donors (Lipinski definition) is 1. The van der Waals surface area contributed by atoms with Crippen molar-refractivity contribution in [1.82, 2.24) is 30.3 Å². The molecule has 0 radical (unpaired) electrons. The third kappa shape index (κ3) is 4.02. The molecule has 4 rings (SSSR count). The molecular formula is C22H27N7O3. The Kier molecular flexibility index (Phi) is 5.36. The lowest BCUT2D eigenvalue weighted by Gasteiger charge is -2.43. The first-order valence-corrected chi connectivity index (χ1v) is 10.6. The molecule has 168 valence electrons. The van der Waals surface area contributed by atoms with E-state index in [4.69, 9.17) is 10.9 Å². The first-order chi connectivity index (χ1) is 15.1. The van der Waals surface area contributed by atoms with E-state index in [0.717, 1.165) is 11.3 Å². The lowest BCUT2D eigenvalue weighted by atomic mass is 9.64. The molecule has 2 fully saturated rings. The molecule has 2 atom stereocenters. The first kappa shape index (κ1) is 21.7. The standard InChI is InChI=1S/C22H27N7O3/c1-6-7-28(5)16-11-23-15(10-24-16)18-25-17(32-27-18)12-29-19(30)22(26-20(29)31)9-14(2)8-21(3,4)13-22/h1,10-11,14H,7-9,12-13H2,2-5H3,(H,26,31)/t14-,22-/m1/s1. The van der Waals surface area contributed by atoms with Gasteiger partial charge in [0.15, 0.2) is 0 Å². The Morgan fingerprint density at radius 3 is 2.75 bits per heavy atom. The summed E-state index contributed by atoms with van der Waals surface area (Å²) >= 11 is 0. The maximum absolute atomic E-state index is 13.3. The molecule has 1 aliphatic carbocycles. The Labute approximate surface area is 186 Å². The highest BCUT2D eigenvalue weighted by Gasteiger charge is 2.56. The number of anilines is 1. The van der Waals surface area contributed by atoms with Gasteiger partial charge in [0, 0.05) is 7.05 Å². The summed E-state index contributed by atoms with van der Waals surface area (Å²) < 4.78 is 5.29. The van der Waals surface area contributed by atoms with Crippen LogP contribution in [0.4, 0.5) is 10.6 Å². The number of carbonyl (C=O) groups excluding carboxylic acids is 2. The van der Waals surface area contributed by atoms with Gasteiger partial charge in [0.2, 0.25) is 11.7 Å². The molecule has 1 saturated carbocycles. The molecule has 3 amide bonds. The highest BCUT2D eigenvalue weighted by molar-refractivity contribution is 6.07. The van der Waals surface area contributed by atoms with Gasteiger partial charge in [0.25, 0.3) is 5.91 Å². The van der Waals surface area contributed by atoms with Crippen molar-refractivity contribution >= 4 is 17.8 Å². The lowest BCUT2D eigenvalue weighted by Crippen LogP contribution is -2.54. The zero-order valence-electron chi connectivity index (χ0n) is 18.8. The normalized spacial score (nSPS) is 24.5. The van der Waals surface area contributed by atoms with Gasteiger partial charge in [-0.1, -0.05) is 31.8 Å². The van der Waals surface area contributed by atoms with Crippen molar-refractivity contribution in [3.63, 3.8) is 0 Å². The average Bonchev–Trinajstić information content (AvgIpc) is 3.26. The van der Waals surface area contributed by atoms with Gasteiger partial charge >= 0.3 is 6.03 Å². The zero-order valence-corrected chi connectivity index (χ0v) is 18.8. The third-order valence-corrected chi connectivity index (χ3v) is 5.97. The number of imide groups is 1. The smallest absolute Gasteiger partial charge is 0.325 e. The van der Waals surface area contributed by atoms with Crippen LogP contribution in [0, 0.1) is 23.7 Å². The van der Waals surface area contributed by atoms with Crippen LogP contribution in [0.3, 0.4) is 0 Å². The summed E-state index contributed by atoms with van der Waals surface area (Å²) in [6.07, 6.45) is 10.7. The van der Waals surface area contributed by atoms with Crippen molar-refractivity contribution in [2.24, 2.45) is 11.3 Å². The predicted octanol–water partition coefficient (Wildman–Crippen LogP) is 2.23. The molecule has 10 heteroatoms. The van der Waals surface area contributed by atoms with Crippen LogP contribution in [0.25, 0.3) is 11.5 Å². The van der Waals surface area contributed by atoms with Crippen molar-refractivity contribution in [3.8, 4) is 23.9 Å². The summed E-state index contributed by atoms with van der Waals surface area (Å²) in [7, 11) is 1.81. The van der Waals surface area contributed by atoms with E-state index in [1.165, 1.54) is 6.20 Å². The summed E-state index contributed by atoms with van der Waals surface area (Å²) in [5.74, 6) is 3.63. The number of terminal acetylenes is 1. The molecule has 2 aliphatic rings. The van der Waals surface area contributed by atoms with Gasteiger partial charge < -0.3 is 14.7 Å². The Morgan fingerprint density at radius 1 is 1.31 bits per heavy atom. The highest BCUT2D eigenvalue weighted by Crippen LogP contribution is 2.46. The Morgan fingerprint density at radius 2 is 2.09 bits per heavy atom. The van der Waals surface area contributed by atoms with Gasteiger partial charge in [-0.3, -0.25) is 9.69 Å². The number of urea groups is 1. The first-order valence-electron chi connectivity index (χ1n) is 10.6. The molecule has 2 aromatic rings. The Hall–Kier alpha value is -3.48. The van der Waals surface area contributed by atoms with Gasteiger partial charge in [-0.05, 0) is 30.6 Å². The summed E-state index contributed by atoms with van der Waals surface area (Å²) in [5, 5.41) is 6.87. The van der Waals surface area contributed by atoms with E-state index in [1.54, 1.807) is 11.1 Å². The van der Waals surface area contributed by atoms with Gasteiger partial charge in [-0.25, -0.2) is 14.8 Å². The summed E-state index contributed by atoms with van der Waals surface area (Å²) in [4.78, 5) is 41.8. The monoisotopic (exact) mass is 437 g/mol. The van der Waals surface area contributed by atoms with Gasteiger partial charge in [0.1, 0.15) is 23.6 Å². The Balaban J connectivity index is 1.48. The molecule has 0 unspecified atom stereocenters. The Bertz CT molecular complexity index is 1070. The minimum atomic E-state index is -0.868. The van der Waals surface area contributed by atoms with Crippen molar-refractivity contribution in [2.45, 2.75) is 52.1 Å². The molecular weight excluding hydrogens is 410 g/mol. The second-order valence-electron chi connectivity index (χ2n) is 9.59. The van der Waals surface area contributed by atoms with Crippen molar-refractivity contribution in [1.29, 1.82) is 0 Å². The lowest BCUT2D eigenvalue weighted by molar-refractivity contribution is -0.135. The quantitative estimate of drug-likeness (QED) is 0.559. The molecule has 3 heterocycles. The summed E-state index contributed by atoms with van der Waals surface area (Å²) in [6, 6.07) is -0.430. The van der Waals surface area contributed by atoms with E-state index >= 15 is 0 Å². The molecule has 0 bridgehead atoms. The summed E-state index contributed by atoms with van der Waals surface area (Å²) in [6.45, 7) is 6.70. The van der Waals surface area contributed by atoms with Crippen LogP contribution < -0.4 is 10.2 Å². The van der Waals surface area contributed by atoms with Crippen molar-refractivity contribution < 1.29 is 14.1 Å². The molecule has 1 aliphatic heterocycles.